The predicted molar refractivity (Wildman–Crippen MR) is 202 cm³/mol. The Hall–Kier alpha value is -4.98. The van der Waals surface area contributed by atoms with Gasteiger partial charge in [-0.2, -0.15) is 0 Å². The van der Waals surface area contributed by atoms with Crippen LogP contribution in [0.3, 0.4) is 0 Å². The molecule has 0 aliphatic carbocycles. The van der Waals surface area contributed by atoms with Crippen LogP contribution in [-0.2, 0) is 52.4 Å². The molecule has 3 aliphatic heterocycles. The first kappa shape index (κ1) is 30.1. The highest BCUT2D eigenvalue weighted by atomic mass is 15.1. The van der Waals surface area contributed by atoms with E-state index in [2.05, 4.69) is 137 Å². The van der Waals surface area contributed by atoms with Gasteiger partial charge in [0, 0.05) is 58.9 Å². The molecule has 0 N–H and O–H groups in total. The highest BCUT2D eigenvalue weighted by Gasteiger charge is 2.24. The lowest BCUT2D eigenvalue weighted by molar-refractivity contribution is 0.238. The molecule has 49 heavy (non-hydrogen) atoms. The minimum atomic E-state index is 0.863. The molecule has 0 unspecified atom stereocenters. The molecule has 0 amide bonds. The van der Waals surface area contributed by atoms with Crippen LogP contribution in [0.1, 0.15) is 55.6 Å². The van der Waals surface area contributed by atoms with Crippen LogP contribution >= 0.6 is 0 Å². The number of rotatable bonds is 6. The van der Waals surface area contributed by atoms with Gasteiger partial charge in [-0.1, -0.05) is 115 Å². The Morgan fingerprint density at radius 3 is 1.37 bits per heavy atom. The largest absolute Gasteiger partial charge is 0.291 e. The molecule has 3 aliphatic rings. The topological polar surface area (TPSA) is 9.72 Å². The van der Waals surface area contributed by atoms with Crippen molar-refractivity contribution in [1.82, 2.24) is 14.7 Å². The third-order valence-electron chi connectivity index (χ3n) is 10.8. The van der Waals surface area contributed by atoms with E-state index in [4.69, 9.17) is 6.42 Å². The summed E-state index contributed by atoms with van der Waals surface area (Å²) >= 11 is 0. The number of nitrogens with zero attached hydrogens (tertiary/aromatic N) is 3. The lowest BCUT2D eigenvalue weighted by Gasteiger charge is -2.33. The fraction of sp³-hybridized carbons (Fsp3) is 0.217. The third kappa shape index (κ3) is 5.77. The molecule has 240 valence electrons. The molecule has 6 aromatic rings. The summed E-state index contributed by atoms with van der Waals surface area (Å²) in [6, 6.07) is 41.1. The fourth-order valence-electron chi connectivity index (χ4n) is 8.98. The van der Waals surface area contributed by atoms with E-state index in [1.54, 1.807) is 0 Å². The van der Waals surface area contributed by atoms with E-state index in [9.17, 15) is 0 Å². The maximum absolute atomic E-state index is 5.84. The van der Waals surface area contributed by atoms with Gasteiger partial charge < -0.3 is 0 Å². The Balaban J connectivity index is 1.03. The quantitative estimate of drug-likeness (QED) is 0.169. The number of hydrogen-bond acceptors (Lipinski definition) is 3. The van der Waals surface area contributed by atoms with E-state index in [-0.39, 0.29) is 0 Å². The molecule has 3 heteroatoms. The summed E-state index contributed by atoms with van der Waals surface area (Å²) in [5, 5.41) is 5.61. The number of terminal acetylenes is 1. The van der Waals surface area contributed by atoms with E-state index < -0.39 is 0 Å². The Labute approximate surface area is 290 Å². The Bertz CT molecular complexity index is 2130. The molecule has 0 aromatic heterocycles. The summed E-state index contributed by atoms with van der Waals surface area (Å²) in [7, 11) is 0. The first-order valence-electron chi connectivity index (χ1n) is 17.6. The second kappa shape index (κ2) is 12.5. The van der Waals surface area contributed by atoms with Crippen LogP contribution in [0.15, 0.2) is 115 Å². The van der Waals surface area contributed by atoms with Gasteiger partial charge in [0.25, 0.3) is 0 Å². The van der Waals surface area contributed by atoms with Gasteiger partial charge in [0.2, 0.25) is 0 Å². The van der Waals surface area contributed by atoms with Crippen molar-refractivity contribution in [1.29, 1.82) is 0 Å². The molecule has 0 radical (unpaired) electrons. The molecule has 0 fully saturated rings. The monoisotopic (exact) mass is 635 g/mol. The van der Waals surface area contributed by atoms with Crippen LogP contribution in [-0.4, -0.2) is 21.2 Å². The average Bonchev–Trinajstić information content (AvgIpc) is 3.09. The highest BCUT2D eigenvalue weighted by molar-refractivity contribution is 5.90. The smallest absolute Gasteiger partial charge is 0.0253 e. The molecule has 0 spiro atoms. The van der Waals surface area contributed by atoms with Gasteiger partial charge in [-0.3, -0.25) is 14.7 Å². The number of fused-ring (bicyclic) bond motifs is 1. The lowest BCUT2D eigenvalue weighted by atomic mass is 9.90. The standard InChI is InChI=1S/C46H41N3/c1-3-9-38-26-47(27-39-15-4-10-32(2)44(38)39)23-33-20-34(24-48-28-40-16-5-11-36-12-6-17-41(29-48)45(36)40)22-35(21-33)25-49-30-42-18-7-13-37-14-8-19-43(31-49)46(37)42/h1,4-22H,23-31H2,2H3/b38-9-. The van der Waals surface area contributed by atoms with Gasteiger partial charge >= 0.3 is 0 Å². The van der Waals surface area contributed by atoms with Crippen LogP contribution in [0.2, 0.25) is 0 Å². The maximum Gasteiger partial charge on any atom is 0.0253 e. The Morgan fingerprint density at radius 2 is 0.918 bits per heavy atom. The van der Waals surface area contributed by atoms with E-state index >= 15 is 0 Å². The van der Waals surface area contributed by atoms with Crippen molar-refractivity contribution >= 4 is 27.1 Å². The van der Waals surface area contributed by atoms with E-state index in [0.717, 1.165) is 58.9 Å². The van der Waals surface area contributed by atoms with Crippen LogP contribution in [0.25, 0.3) is 27.1 Å². The average molecular weight is 636 g/mol. The predicted octanol–water partition coefficient (Wildman–Crippen LogP) is 9.37. The SMILES string of the molecule is C#C/C=C1/CN(Cc2cc(CN3Cc4cccc5cccc(c45)C3)cc(CN3Cc4cccc5cccc(c45)C3)c2)Cc2cccc(C)c21. The number of benzene rings is 6. The van der Waals surface area contributed by atoms with E-state index in [1.165, 1.54) is 82.8 Å². The molecule has 0 atom stereocenters. The van der Waals surface area contributed by atoms with Gasteiger partial charge in [-0.05, 0) is 95.8 Å². The zero-order valence-electron chi connectivity index (χ0n) is 28.3. The molecule has 6 aromatic carbocycles. The Morgan fingerprint density at radius 1 is 0.531 bits per heavy atom. The summed E-state index contributed by atoms with van der Waals surface area (Å²) in [6.07, 6.45) is 7.81. The molecule has 9 rings (SSSR count). The second-order valence-corrected chi connectivity index (χ2v) is 14.4. The van der Waals surface area contributed by atoms with Crippen molar-refractivity contribution in [3.8, 4) is 12.3 Å². The number of hydrogen-bond donors (Lipinski definition) is 0. The van der Waals surface area contributed by atoms with Crippen molar-refractivity contribution in [2.45, 2.75) is 59.3 Å². The maximum atomic E-state index is 5.84. The normalized spacial score (nSPS) is 17.0. The van der Waals surface area contributed by atoms with Crippen molar-refractivity contribution in [3.63, 3.8) is 0 Å². The van der Waals surface area contributed by atoms with Gasteiger partial charge in [0.1, 0.15) is 0 Å². The van der Waals surface area contributed by atoms with Gasteiger partial charge in [-0.25, -0.2) is 0 Å². The molecular weight excluding hydrogens is 595 g/mol. The zero-order chi connectivity index (χ0) is 32.9. The van der Waals surface area contributed by atoms with E-state index in [0.29, 0.717) is 0 Å². The first-order valence-corrected chi connectivity index (χ1v) is 17.6. The zero-order valence-corrected chi connectivity index (χ0v) is 28.3. The van der Waals surface area contributed by atoms with Gasteiger partial charge in [0.15, 0.2) is 0 Å². The fourth-order valence-corrected chi connectivity index (χ4v) is 8.98. The summed E-state index contributed by atoms with van der Waals surface area (Å²) in [4.78, 5) is 7.79. The van der Waals surface area contributed by atoms with Gasteiger partial charge in [-0.15, -0.1) is 6.42 Å². The highest BCUT2D eigenvalue weighted by Crippen LogP contribution is 2.34. The first-order chi connectivity index (χ1) is 24.1. The molecular formula is C46H41N3. The van der Waals surface area contributed by atoms with Crippen LogP contribution < -0.4 is 0 Å². The summed E-state index contributed by atoms with van der Waals surface area (Å²) in [6.45, 7) is 10.6. The Kier molecular flexibility index (Phi) is 7.67. The van der Waals surface area contributed by atoms with Crippen molar-refractivity contribution in [3.05, 3.63) is 171 Å². The molecule has 3 heterocycles. The van der Waals surface area contributed by atoms with Crippen molar-refractivity contribution in [2.75, 3.05) is 6.54 Å². The third-order valence-corrected chi connectivity index (χ3v) is 10.8. The lowest BCUT2D eigenvalue weighted by Crippen LogP contribution is -2.30. The molecule has 3 nitrogen and oxygen atoms in total. The van der Waals surface area contributed by atoms with Crippen LogP contribution in [0, 0.1) is 19.3 Å². The van der Waals surface area contributed by atoms with E-state index in [1.807, 2.05) is 6.08 Å². The minimum Gasteiger partial charge on any atom is -0.291 e. The summed E-state index contributed by atoms with van der Waals surface area (Å²) in [5.74, 6) is 2.83. The van der Waals surface area contributed by atoms with Crippen LogP contribution in [0.5, 0.6) is 0 Å². The number of allylic oxidation sites excluding steroid dienone is 1. The molecule has 0 bridgehead atoms. The number of aryl methyl sites for hydroxylation is 1. The molecule has 0 saturated heterocycles. The summed E-state index contributed by atoms with van der Waals surface area (Å²) < 4.78 is 0. The van der Waals surface area contributed by atoms with Crippen LogP contribution in [0.4, 0.5) is 0 Å². The van der Waals surface area contributed by atoms with Crippen molar-refractivity contribution < 1.29 is 0 Å². The summed E-state index contributed by atoms with van der Waals surface area (Å²) in [5.41, 5.74) is 15.2. The second-order valence-electron chi connectivity index (χ2n) is 14.4. The minimum absolute atomic E-state index is 0.863. The molecule has 0 saturated carbocycles. The van der Waals surface area contributed by atoms with Gasteiger partial charge in [0.05, 0.1) is 0 Å². The van der Waals surface area contributed by atoms with Crippen molar-refractivity contribution in [2.24, 2.45) is 0 Å².